The highest BCUT2D eigenvalue weighted by molar-refractivity contribution is 6.23. The molecule has 0 saturated heterocycles. The summed E-state index contributed by atoms with van der Waals surface area (Å²) in [4.78, 5) is 10.6. The largest absolute Gasteiger partial charge is 0.455 e. The minimum absolute atomic E-state index is 0.353. The van der Waals surface area contributed by atoms with Gasteiger partial charge in [-0.05, 0) is 72.4 Å². The summed E-state index contributed by atoms with van der Waals surface area (Å²) in [6.07, 6.45) is -0.353. The third-order valence-electron chi connectivity index (χ3n) is 10.7. The third-order valence-corrected chi connectivity index (χ3v) is 10.7. The maximum absolute atomic E-state index is 6.75. The molecule has 2 heterocycles. The van der Waals surface area contributed by atoms with Gasteiger partial charge in [0.25, 0.3) is 0 Å². The second-order valence-corrected chi connectivity index (χ2v) is 13.8. The summed E-state index contributed by atoms with van der Waals surface area (Å²) in [6, 6.07) is 62.2. The first-order valence-electron chi connectivity index (χ1n) is 18.0. The maximum Gasteiger partial charge on any atom is 0.160 e. The molecule has 1 aromatic heterocycles. The molecule has 1 N–H and O–H groups in total. The lowest BCUT2D eigenvalue weighted by Crippen LogP contribution is -2.33. The van der Waals surface area contributed by atoms with E-state index in [9.17, 15) is 0 Å². The fourth-order valence-corrected chi connectivity index (χ4v) is 8.13. The van der Waals surface area contributed by atoms with Gasteiger partial charge >= 0.3 is 0 Å². The predicted octanol–water partition coefficient (Wildman–Crippen LogP) is 12.4. The van der Waals surface area contributed by atoms with Crippen molar-refractivity contribution in [2.75, 3.05) is 0 Å². The molecule has 4 nitrogen and oxygen atoms in total. The standard InChI is InChI=1S/C49H31N3O/c1-2-13-33-28-35(25-22-30(33)10-1)47-50-48(36-26-27-39-34(29-36)24-23-32-12-4-5-15-37(32)39)52-49(51-47)43-20-9-21-44-45(43)42-19-8-18-41(46(42)53-44)40-17-7-14-31-11-3-6-16-38(31)40/h1-29,47H,(H,50,51,52). The van der Waals surface area contributed by atoms with E-state index in [2.05, 4.69) is 169 Å². The molecule has 1 unspecified atom stereocenters. The Morgan fingerprint density at radius 3 is 2.00 bits per heavy atom. The van der Waals surface area contributed by atoms with Crippen LogP contribution in [0.5, 0.6) is 0 Å². The number of furan rings is 1. The first-order valence-corrected chi connectivity index (χ1v) is 18.0. The van der Waals surface area contributed by atoms with E-state index in [4.69, 9.17) is 14.4 Å². The number of nitrogens with zero attached hydrogens (tertiary/aromatic N) is 2. The van der Waals surface area contributed by atoms with Crippen molar-refractivity contribution < 1.29 is 4.42 Å². The quantitative estimate of drug-likeness (QED) is 0.189. The van der Waals surface area contributed by atoms with Crippen LogP contribution in [-0.4, -0.2) is 11.7 Å². The number of hydrogen-bond acceptors (Lipinski definition) is 4. The molecule has 0 bridgehead atoms. The molecule has 4 heteroatoms. The molecule has 1 atom stereocenters. The minimum Gasteiger partial charge on any atom is -0.455 e. The monoisotopic (exact) mass is 677 g/mol. The van der Waals surface area contributed by atoms with Gasteiger partial charge in [0.2, 0.25) is 0 Å². The summed E-state index contributed by atoms with van der Waals surface area (Å²) < 4.78 is 6.75. The van der Waals surface area contributed by atoms with Crippen LogP contribution in [-0.2, 0) is 0 Å². The van der Waals surface area contributed by atoms with E-state index in [1.54, 1.807) is 0 Å². The Morgan fingerprint density at radius 2 is 1.09 bits per heavy atom. The van der Waals surface area contributed by atoms with E-state index >= 15 is 0 Å². The van der Waals surface area contributed by atoms with Gasteiger partial charge in [-0.15, -0.1) is 0 Å². The lowest BCUT2D eigenvalue weighted by atomic mass is 9.96. The smallest absolute Gasteiger partial charge is 0.160 e. The average molecular weight is 678 g/mol. The highest BCUT2D eigenvalue weighted by Crippen LogP contribution is 2.40. The van der Waals surface area contributed by atoms with E-state index in [0.717, 1.165) is 55.6 Å². The maximum atomic E-state index is 6.75. The van der Waals surface area contributed by atoms with Crippen LogP contribution in [0.25, 0.3) is 76.2 Å². The molecule has 11 rings (SSSR count). The fraction of sp³-hybridized carbons (Fsp3) is 0.0204. The van der Waals surface area contributed by atoms with E-state index in [1.165, 1.54) is 43.1 Å². The van der Waals surface area contributed by atoms with Crippen LogP contribution >= 0.6 is 0 Å². The molecule has 248 valence electrons. The van der Waals surface area contributed by atoms with Gasteiger partial charge in [-0.1, -0.05) is 158 Å². The molecule has 0 amide bonds. The highest BCUT2D eigenvalue weighted by Gasteiger charge is 2.25. The van der Waals surface area contributed by atoms with Crippen molar-refractivity contribution in [1.29, 1.82) is 0 Å². The molecule has 53 heavy (non-hydrogen) atoms. The van der Waals surface area contributed by atoms with Crippen LogP contribution in [0.4, 0.5) is 0 Å². The SMILES string of the molecule is c1ccc2cc(C3N=C(c4cccc5oc6c(-c7cccc8ccccc78)cccc6c45)N=C(c4ccc5c(ccc6ccccc65)c4)N3)ccc2c1. The number of amidine groups is 2. The normalized spacial score (nSPS) is 14.6. The van der Waals surface area contributed by atoms with Gasteiger partial charge in [0.1, 0.15) is 23.2 Å². The minimum atomic E-state index is -0.353. The van der Waals surface area contributed by atoms with Crippen molar-refractivity contribution >= 4 is 76.7 Å². The molecule has 0 radical (unpaired) electrons. The third kappa shape index (κ3) is 4.84. The van der Waals surface area contributed by atoms with Crippen LogP contribution in [0, 0.1) is 0 Å². The van der Waals surface area contributed by atoms with Crippen molar-refractivity contribution in [2.24, 2.45) is 9.98 Å². The van der Waals surface area contributed by atoms with Crippen LogP contribution < -0.4 is 5.32 Å². The Hall–Kier alpha value is -7.04. The van der Waals surface area contributed by atoms with Crippen LogP contribution in [0.2, 0.25) is 0 Å². The van der Waals surface area contributed by atoms with Crippen molar-refractivity contribution in [3.05, 3.63) is 193 Å². The number of hydrogen-bond donors (Lipinski definition) is 1. The average Bonchev–Trinajstić information content (AvgIpc) is 3.62. The second kappa shape index (κ2) is 11.8. The first kappa shape index (κ1) is 29.7. The van der Waals surface area contributed by atoms with Gasteiger partial charge in [-0.25, -0.2) is 9.98 Å². The fourth-order valence-electron chi connectivity index (χ4n) is 8.13. The van der Waals surface area contributed by atoms with Gasteiger partial charge in [0.15, 0.2) is 5.84 Å². The van der Waals surface area contributed by atoms with Crippen molar-refractivity contribution in [3.63, 3.8) is 0 Å². The van der Waals surface area contributed by atoms with Crippen LogP contribution in [0.15, 0.2) is 190 Å². The Balaban J connectivity index is 1.11. The summed E-state index contributed by atoms with van der Waals surface area (Å²) in [7, 11) is 0. The topological polar surface area (TPSA) is 49.9 Å². The zero-order valence-electron chi connectivity index (χ0n) is 28.6. The van der Waals surface area contributed by atoms with E-state index in [-0.39, 0.29) is 6.17 Å². The molecule has 0 fully saturated rings. The Kier molecular flexibility index (Phi) is 6.58. The highest BCUT2D eigenvalue weighted by atomic mass is 16.3. The Bertz CT molecular complexity index is 3160. The number of rotatable bonds is 4. The number of para-hydroxylation sites is 1. The first-order chi connectivity index (χ1) is 26.2. The number of nitrogens with one attached hydrogen (secondary N) is 1. The summed E-state index contributed by atoms with van der Waals surface area (Å²) in [6.45, 7) is 0. The second-order valence-electron chi connectivity index (χ2n) is 13.8. The molecule has 0 saturated carbocycles. The predicted molar refractivity (Wildman–Crippen MR) is 221 cm³/mol. The molecule has 9 aromatic carbocycles. The molecular weight excluding hydrogens is 647 g/mol. The summed E-state index contributed by atoms with van der Waals surface area (Å²) >= 11 is 0. The summed E-state index contributed by atoms with van der Waals surface area (Å²) in [5.41, 5.74) is 6.90. The summed E-state index contributed by atoms with van der Waals surface area (Å²) in [5, 5.41) is 15.4. The van der Waals surface area contributed by atoms with Gasteiger partial charge in [0, 0.05) is 27.5 Å². The molecule has 10 aromatic rings. The lowest BCUT2D eigenvalue weighted by Gasteiger charge is -2.24. The van der Waals surface area contributed by atoms with Crippen LogP contribution in [0.3, 0.4) is 0 Å². The van der Waals surface area contributed by atoms with Crippen molar-refractivity contribution in [2.45, 2.75) is 6.17 Å². The molecule has 1 aliphatic heterocycles. The Morgan fingerprint density at radius 1 is 0.453 bits per heavy atom. The molecular formula is C49H31N3O. The number of fused-ring (bicyclic) bond motifs is 8. The molecule has 0 spiro atoms. The number of benzene rings is 9. The summed E-state index contributed by atoms with van der Waals surface area (Å²) in [5.74, 6) is 1.45. The van der Waals surface area contributed by atoms with E-state index < -0.39 is 0 Å². The van der Waals surface area contributed by atoms with Gasteiger partial charge in [-0.2, -0.15) is 0 Å². The zero-order chi connectivity index (χ0) is 34.9. The Labute approximate surface area is 305 Å². The van der Waals surface area contributed by atoms with Gasteiger partial charge in [-0.3, -0.25) is 0 Å². The molecule has 1 aliphatic rings. The van der Waals surface area contributed by atoms with E-state index in [1.807, 2.05) is 12.1 Å². The number of aliphatic imine (C=N–C) groups is 2. The molecule has 0 aliphatic carbocycles. The van der Waals surface area contributed by atoms with Crippen molar-refractivity contribution in [1.82, 2.24) is 5.32 Å². The van der Waals surface area contributed by atoms with Crippen molar-refractivity contribution in [3.8, 4) is 11.1 Å². The van der Waals surface area contributed by atoms with Crippen LogP contribution in [0.1, 0.15) is 22.9 Å². The zero-order valence-corrected chi connectivity index (χ0v) is 28.6. The van der Waals surface area contributed by atoms with Gasteiger partial charge in [0.05, 0.1) is 0 Å². The lowest BCUT2D eigenvalue weighted by molar-refractivity contribution is 0.669. The van der Waals surface area contributed by atoms with Gasteiger partial charge < -0.3 is 9.73 Å². The van der Waals surface area contributed by atoms with E-state index in [0.29, 0.717) is 5.84 Å².